The van der Waals surface area contributed by atoms with Gasteiger partial charge < -0.3 is 24.0 Å². The van der Waals surface area contributed by atoms with E-state index in [1.165, 1.54) is 22.3 Å². The highest BCUT2D eigenvalue weighted by atomic mass is 16.7. The first-order valence-corrected chi connectivity index (χ1v) is 17.0. The molecule has 0 radical (unpaired) electrons. The van der Waals surface area contributed by atoms with Crippen LogP contribution in [0.4, 0.5) is 11.4 Å². The molecule has 0 N–H and O–H groups in total. The first-order chi connectivity index (χ1) is 23.8. The Labute approximate surface area is 286 Å². The van der Waals surface area contributed by atoms with Crippen molar-refractivity contribution in [2.45, 2.75) is 46.1 Å². The van der Waals surface area contributed by atoms with Crippen molar-refractivity contribution in [2.75, 3.05) is 55.8 Å². The largest absolute Gasteiger partial charge is 0.493 e. The van der Waals surface area contributed by atoms with Gasteiger partial charge in [-0.2, -0.15) is 10.2 Å². The predicted octanol–water partition coefficient (Wildman–Crippen LogP) is 4.74. The molecular weight excluding hydrogens is 620 g/mol. The number of hydrogen-bond acceptors (Lipinski definition) is 9. The first kappa shape index (κ1) is 32.6. The molecule has 0 amide bonds. The number of nitrogens with zero attached hydrogens (tertiary/aromatic N) is 8. The molecule has 0 bridgehead atoms. The quantitative estimate of drug-likeness (QED) is 0.209. The summed E-state index contributed by atoms with van der Waals surface area (Å²) in [7, 11) is 0. The lowest BCUT2D eigenvalue weighted by molar-refractivity contribution is -0.302. The summed E-state index contributed by atoms with van der Waals surface area (Å²) in [6.07, 6.45) is 4.80. The summed E-state index contributed by atoms with van der Waals surface area (Å²) in [5.41, 5.74) is 6.35. The molecule has 0 unspecified atom stereocenters. The van der Waals surface area contributed by atoms with Gasteiger partial charge in [0.2, 0.25) is 5.79 Å². The molecule has 0 atom stereocenters. The lowest BCUT2D eigenvalue weighted by atomic mass is 9.96. The molecule has 2 aromatic heterocycles. The van der Waals surface area contributed by atoms with Crippen LogP contribution in [0.15, 0.2) is 90.5 Å². The molecule has 4 heterocycles. The molecule has 2 aliphatic rings. The Kier molecular flexibility index (Phi) is 9.24. The van der Waals surface area contributed by atoms with Gasteiger partial charge in [0.05, 0.1) is 31.5 Å². The molecule has 0 spiro atoms. The number of benzene rings is 3. The van der Waals surface area contributed by atoms with Crippen LogP contribution in [-0.2, 0) is 21.8 Å². The Bertz CT molecular complexity index is 1880. The third-order valence-corrected chi connectivity index (χ3v) is 9.38. The molecule has 12 nitrogen and oxygen atoms in total. The van der Waals surface area contributed by atoms with Crippen LogP contribution in [0.25, 0.3) is 5.69 Å². The Hall–Kier alpha value is -4.94. The summed E-state index contributed by atoms with van der Waals surface area (Å²) in [6.45, 7) is 13.7. The molecule has 2 aliphatic heterocycles. The SMILES string of the molecule is Cc1ccc(C2(Cn3cncn3)OCC(COc3ccc(N4CCN(c5ccc(-n6cnn(C(C)C)c6=O)cc5)CC4)cc3)CO2)c(C)c1. The number of hydrogen-bond donors (Lipinski definition) is 0. The zero-order valence-electron chi connectivity index (χ0n) is 28.6. The molecular formula is C37H44N8O4. The topological polar surface area (TPSA) is 105 Å². The van der Waals surface area contributed by atoms with Gasteiger partial charge >= 0.3 is 5.69 Å². The van der Waals surface area contributed by atoms with E-state index in [1.54, 1.807) is 21.9 Å². The average molecular weight is 665 g/mol. The fraction of sp³-hybridized carbons (Fsp3) is 0.405. The van der Waals surface area contributed by atoms with E-state index in [1.807, 2.05) is 38.1 Å². The van der Waals surface area contributed by atoms with Crippen LogP contribution < -0.4 is 20.2 Å². The second kappa shape index (κ2) is 13.9. The molecule has 3 aromatic carbocycles. The molecule has 2 saturated heterocycles. The van der Waals surface area contributed by atoms with E-state index in [0.29, 0.717) is 26.4 Å². The van der Waals surface area contributed by atoms with Crippen molar-refractivity contribution in [1.82, 2.24) is 29.1 Å². The van der Waals surface area contributed by atoms with Crippen molar-refractivity contribution in [3.63, 3.8) is 0 Å². The smallest absolute Gasteiger partial charge is 0.350 e. The summed E-state index contributed by atoms with van der Waals surface area (Å²) >= 11 is 0. The van der Waals surface area contributed by atoms with Gasteiger partial charge in [0.15, 0.2) is 0 Å². The predicted molar refractivity (Wildman–Crippen MR) is 188 cm³/mol. The van der Waals surface area contributed by atoms with E-state index in [0.717, 1.165) is 54.4 Å². The molecule has 256 valence electrons. The lowest BCUT2D eigenvalue weighted by Gasteiger charge is -2.41. The number of piperazine rings is 1. The van der Waals surface area contributed by atoms with Crippen molar-refractivity contribution >= 4 is 11.4 Å². The first-order valence-electron chi connectivity index (χ1n) is 17.0. The third kappa shape index (κ3) is 6.97. The van der Waals surface area contributed by atoms with E-state index in [2.05, 4.69) is 81.3 Å². The van der Waals surface area contributed by atoms with E-state index < -0.39 is 5.79 Å². The zero-order chi connectivity index (χ0) is 34.0. The Morgan fingerprint density at radius 2 is 1.47 bits per heavy atom. The van der Waals surface area contributed by atoms with Crippen molar-refractivity contribution in [1.29, 1.82) is 0 Å². The summed E-state index contributed by atoms with van der Waals surface area (Å²) < 4.78 is 24.1. The number of rotatable bonds is 10. The second-order valence-electron chi connectivity index (χ2n) is 13.3. The van der Waals surface area contributed by atoms with Crippen molar-refractivity contribution in [3.05, 3.63) is 113 Å². The normalized spacial score (nSPS) is 19.8. The second-order valence-corrected chi connectivity index (χ2v) is 13.3. The molecule has 7 rings (SSSR count). The minimum absolute atomic E-state index is 0.0217. The average Bonchev–Trinajstić information content (AvgIpc) is 3.78. The summed E-state index contributed by atoms with van der Waals surface area (Å²) in [4.78, 5) is 21.5. The third-order valence-electron chi connectivity index (χ3n) is 9.38. The van der Waals surface area contributed by atoms with Crippen LogP contribution in [0, 0.1) is 19.8 Å². The van der Waals surface area contributed by atoms with Crippen molar-refractivity contribution in [2.24, 2.45) is 5.92 Å². The van der Waals surface area contributed by atoms with Crippen LogP contribution in [0.2, 0.25) is 0 Å². The fourth-order valence-corrected chi connectivity index (χ4v) is 6.65. The highest BCUT2D eigenvalue weighted by Crippen LogP contribution is 2.36. The molecule has 0 saturated carbocycles. The highest BCUT2D eigenvalue weighted by molar-refractivity contribution is 5.54. The Morgan fingerprint density at radius 1 is 0.837 bits per heavy atom. The van der Waals surface area contributed by atoms with Crippen molar-refractivity contribution < 1.29 is 14.2 Å². The standard InChI is InChI=1S/C37H44N8O4/c1-27(2)45-36(46)44(26-40-45)33-8-6-31(7-9-33)41-15-17-42(18-16-41)32-10-12-34(13-11-32)47-20-30-21-48-37(49-22-30,23-43-25-38-24-39-43)35-14-5-28(3)19-29(35)4/h5-14,19,24-27,30H,15-18,20-23H2,1-4H3. The van der Waals surface area contributed by atoms with Gasteiger partial charge in [-0.25, -0.2) is 23.7 Å². The van der Waals surface area contributed by atoms with Crippen LogP contribution in [0.3, 0.4) is 0 Å². The molecule has 12 heteroatoms. The van der Waals surface area contributed by atoms with Crippen LogP contribution >= 0.6 is 0 Å². The lowest BCUT2D eigenvalue weighted by Crippen LogP contribution is -2.46. The van der Waals surface area contributed by atoms with Crippen molar-refractivity contribution in [3.8, 4) is 11.4 Å². The van der Waals surface area contributed by atoms with Gasteiger partial charge in [-0.1, -0.05) is 23.8 Å². The van der Waals surface area contributed by atoms with E-state index in [-0.39, 0.29) is 17.6 Å². The molecule has 2 fully saturated rings. The summed E-state index contributed by atoms with van der Waals surface area (Å²) in [5.74, 6) is -0.0134. The maximum Gasteiger partial charge on any atom is 0.350 e. The van der Waals surface area contributed by atoms with Gasteiger partial charge in [-0.05, 0) is 81.8 Å². The van der Waals surface area contributed by atoms with Gasteiger partial charge in [-0.3, -0.25) is 0 Å². The number of aromatic nitrogens is 6. The van der Waals surface area contributed by atoms with Crippen LogP contribution in [0.5, 0.6) is 5.75 Å². The number of ether oxygens (including phenoxy) is 3. The van der Waals surface area contributed by atoms with E-state index >= 15 is 0 Å². The Balaban J connectivity index is 0.904. The molecule has 49 heavy (non-hydrogen) atoms. The zero-order valence-corrected chi connectivity index (χ0v) is 28.6. The summed E-state index contributed by atoms with van der Waals surface area (Å²) in [6, 6.07) is 22.8. The molecule has 0 aliphatic carbocycles. The van der Waals surface area contributed by atoms with E-state index in [9.17, 15) is 4.79 Å². The minimum atomic E-state index is -0.934. The molecule has 5 aromatic rings. The minimum Gasteiger partial charge on any atom is -0.493 e. The van der Waals surface area contributed by atoms with Crippen LogP contribution in [-0.4, -0.2) is 75.1 Å². The van der Waals surface area contributed by atoms with Gasteiger partial charge in [-0.15, -0.1) is 0 Å². The monoisotopic (exact) mass is 664 g/mol. The highest BCUT2D eigenvalue weighted by Gasteiger charge is 2.41. The van der Waals surface area contributed by atoms with Gasteiger partial charge in [0.25, 0.3) is 0 Å². The Morgan fingerprint density at radius 3 is 2.04 bits per heavy atom. The van der Waals surface area contributed by atoms with E-state index in [4.69, 9.17) is 14.2 Å². The summed E-state index contributed by atoms with van der Waals surface area (Å²) in [5, 5.41) is 8.54. The maximum absolute atomic E-state index is 12.7. The van der Waals surface area contributed by atoms with Gasteiger partial charge in [0, 0.05) is 49.0 Å². The fourth-order valence-electron chi connectivity index (χ4n) is 6.65. The van der Waals surface area contributed by atoms with Crippen LogP contribution in [0.1, 0.15) is 36.6 Å². The van der Waals surface area contributed by atoms with Gasteiger partial charge in [0.1, 0.15) is 31.3 Å². The number of anilines is 2. The maximum atomic E-state index is 12.7. The number of aryl methyl sites for hydroxylation is 2.